The molecule has 0 fully saturated rings. The summed E-state index contributed by atoms with van der Waals surface area (Å²) >= 11 is 0. The lowest BCUT2D eigenvalue weighted by Crippen LogP contribution is -2.27. The van der Waals surface area contributed by atoms with Gasteiger partial charge < -0.3 is 4.74 Å². The first-order chi connectivity index (χ1) is 12.4. The van der Waals surface area contributed by atoms with Crippen LogP contribution in [0.15, 0.2) is 36.4 Å². The molecule has 0 unspecified atom stereocenters. The Morgan fingerprint density at radius 2 is 1.96 bits per heavy atom. The number of amides is 1. The molecule has 0 aliphatic heterocycles. The Hall–Kier alpha value is -2.47. The fourth-order valence-electron chi connectivity index (χ4n) is 2.68. The smallest absolute Gasteiger partial charge is 0.264 e. The van der Waals surface area contributed by atoms with E-state index in [0.29, 0.717) is 10.8 Å². The van der Waals surface area contributed by atoms with Crippen LogP contribution in [-0.2, 0) is 17.8 Å². The van der Waals surface area contributed by atoms with E-state index in [9.17, 15) is 18.8 Å². The van der Waals surface area contributed by atoms with Crippen LogP contribution in [0.2, 0.25) is 0 Å². The van der Waals surface area contributed by atoms with Crippen LogP contribution < -0.4 is 9.80 Å². The first-order valence-electron chi connectivity index (χ1n) is 8.53. The molecule has 2 aromatic carbocycles. The lowest BCUT2D eigenvalue weighted by molar-refractivity contribution is -0.123. The highest BCUT2D eigenvalue weighted by Crippen LogP contribution is 2.32. The molecular formula is C20H23F2NO3. The number of rotatable bonds is 7. The van der Waals surface area contributed by atoms with Gasteiger partial charge >= 0.3 is 0 Å². The summed E-state index contributed by atoms with van der Waals surface area (Å²) in [7, 11) is 0. The van der Waals surface area contributed by atoms with Gasteiger partial charge in [-0.25, -0.2) is 8.78 Å². The monoisotopic (exact) mass is 363 g/mol. The summed E-state index contributed by atoms with van der Waals surface area (Å²) in [6.45, 7) is 5.32. The molecule has 2 aromatic rings. The third-order valence-corrected chi connectivity index (χ3v) is 4.21. The number of hydrogen-bond acceptors (Lipinski definition) is 3. The van der Waals surface area contributed by atoms with Crippen molar-refractivity contribution in [3.63, 3.8) is 0 Å². The number of aryl methyl sites for hydroxylation is 2. The van der Waals surface area contributed by atoms with E-state index in [0.717, 1.165) is 17.5 Å². The minimum absolute atomic E-state index is 0.0116. The molecule has 140 valence electrons. The van der Waals surface area contributed by atoms with E-state index in [1.807, 2.05) is 26.0 Å². The number of alkyl halides is 2. The van der Waals surface area contributed by atoms with Crippen molar-refractivity contribution in [1.82, 2.24) is 0 Å². The normalized spacial score (nSPS) is 10.9. The molecule has 4 nitrogen and oxygen atoms in total. The fourth-order valence-corrected chi connectivity index (χ4v) is 2.68. The Morgan fingerprint density at radius 3 is 2.54 bits per heavy atom. The molecular weight excluding hydrogens is 340 g/mol. The maximum Gasteiger partial charge on any atom is 0.264 e. The quantitative estimate of drug-likeness (QED) is 0.543. The number of hydroxylamine groups is 1. The van der Waals surface area contributed by atoms with Crippen LogP contribution in [0.3, 0.4) is 0 Å². The Bertz CT molecular complexity index is 778. The number of carbonyl (C=O) groups excluding carboxylic acids is 1. The van der Waals surface area contributed by atoms with E-state index in [4.69, 9.17) is 4.74 Å². The average Bonchev–Trinajstić information content (AvgIpc) is 2.65. The molecule has 6 heteroatoms. The van der Waals surface area contributed by atoms with E-state index < -0.39 is 12.3 Å². The predicted octanol–water partition coefficient (Wildman–Crippen LogP) is 5.21. The molecule has 0 atom stereocenters. The topological polar surface area (TPSA) is 49.8 Å². The van der Waals surface area contributed by atoms with Gasteiger partial charge in [0.05, 0.1) is 5.69 Å². The minimum atomic E-state index is -2.75. The summed E-state index contributed by atoms with van der Waals surface area (Å²) in [4.78, 5) is 11.8. The van der Waals surface area contributed by atoms with Crippen LogP contribution in [0.5, 0.6) is 5.75 Å². The molecule has 0 aliphatic carbocycles. The van der Waals surface area contributed by atoms with Crippen LogP contribution in [-0.4, -0.2) is 11.1 Å². The molecule has 26 heavy (non-hydrogen) atoms. The van der Waals surface area contributed by atoms with Crippen molar-refractivity contribution in [2.24, 2.45) is 0 Å². The molecule has 1 amide bonds. The first-order valence-corrected chi connectivity index (χ1v) is 8.53. The zero-order chi connectivity index (χ0) is 19.3. The number of ether oxygens (including phenoxy) is 1. The summed E-state index contributed by atoms with van der Waals surface area (Å²) < 4.78 is 32.6. The standard InChI is InChI=1S/C20H23F2NO3/c1-4-14-9-10-18(13(3)11-14)26-12-16-15(20(21)22)7-6-8-17(16)23(25)19(24)5-2/h6-11,20,25H,4-5,12H2,1-3H3. The van der Waals surface area contributed by atoms with Crippen LogP contribution in [0, 0.1) is 6.92 Å². The van der Waals surface area contributed by atoms with Gasteiger partial charge in [-0.1, -0.05) is 38.1 Å². The van der Waals surface area contributed by atoms with Crippen LogP contribution in [0.25, 0.3) is 0 Å². The third-order valence-electron chi connectivity index (χ3n) is 4.21. The van der Waals surface area contributed by atoms with Gasteiger partial charge in [0.25, 0.3) is 6.43 Å². The highest BCUT2D eigenvalue weighted by atomic mass is 19.3. The van der Waals surface area contributed by atoms with Gasteiger partial charge in [0, 0.05) is 17.5 Å². The van der Waals surface area contributed by atoms with Crippen molar-refractivity contribution in [3.8, 4) is 5.75 Å². The van der Waals surface area contributed by atoms with Crippen LogP contribution >= 0.6 is 0 Å². The summed E-state index contributed by atoms with van der Waals surface area (Å²) in [5.74, 6) is -0.00956. The highest BCUT2D eigenvalue weighted by Gasteiger charge is 2.22. The van der Waals surface area contributed by atoms with Gasteiger partial charge in [-0.3, -0.25) is 10.0 Å². The third kappa shape index (κ3) is 4.38. The van der Waals surface area contributed by atoms with Gasteiger partial charge in [0.1, 0.15) is 12.4 Å². The van der Waals surface area contributed by atoms with Gasteiger partial charge in [0.2, 0.25) is 5.91 Å². The minimum Gasteiger partial charge on any atom is -0.489 e. The van der Waals surface area contributed by atoms with Crippen LogP contribution in [0.1, 0.15) is 48.9 Å². The fraction of sp³-hybridized carbons (Fsp3) is 0.350. The second-order valence-corrected chi connectivity index (χ2v) is 5.95. The van der Waals surface area contributed by atoms with E-state index in [1.54, 1.807) is 13.0 Å². The second-order valence-electron chi connectivity index (χ2n) is 5.95. The summed E-state index contributed by atoms with van der Waals surface area (Å²) in [5.41, 5.74) is 1.88. The molecule has 1 N–H and O–H groups in total. The van der Waals surface area contributed by atoms with Crippen molar-refractivity contribution >= 4 is 11.6 Å². The summed E-state index contributed by atoms with van der Waals surface area (Å²) in [5, 5.41) is 10.5. The van der Waals surface area contributed by atoms with E-state index >= 15 is 0 Å². The molecule has 0 radical (unpaired) electrons. The average molecular weight is 363 g/mol. The number of carbonyl (C=O) groups is 1. The maximum absolute atomic E-state index is 13.4. The lowest BCUT2D eigenvalue weighted by atomic mass is 10.1. The Balaban J connectivity index is 2.36. The number of benzene rings is 2. The van der Waals surface area contributed by atoms with Gasteiger partial charge in [-0.05, 0) is 36.6 Å². The zero-order valence-corrected chi connectivity index (χ0v) is 15.1. The second kappa shape index (κ2) is 8.76. The Morgan fingerprint density at radius 1 is 1.23 bits per heavy atom. The van der Waals surface area contributed by atoms with Crippen molar-refractivity contribution in [2.45, 2.75) is 46.6 Å². The molecule has 0 spiro atoms. The van der Waals surface area contributed by atoms with Crippen molar-refractivity contribution in [1.29, 1.82) is 0 Å². The molecule has 0 saturated heterocycles. The van der Waals surface area contributed by atoms with Gasteiger partial charge in [0.15, 0.2) is 0 Å². The van der Waals surface area contributed by atoms with Gasteiger partial charge in [-0.15, -0.1) is 0 Å². The molecule has 0 bridgehead atoms. The largest absolute Gasteiger partial charge is 0.489 e. The molecule has 0 aliphatic rings. The van der Waals surface area contributed by atoms with E-state index in [-0.39, 0.29) is 29.8 Å². The zero-order valence-electron chi connectivity index (χ0n) is 15.1. The predicted molar refractivity (Wildman–Crippen MR) is 95.9 cm³/mol. The molecule has 0 saturated carbocycles. The SMILES string of the molecule is CCC(=O)N(O)c1cccc(C(F)F)c1COc1ccc(CC)cc1C. The van der Waals surface area contributed by atoms with Crippen LogP contribution in [0.4, 0.5) is 14.5 Å². The Kier molecular flexibility index (Phi) is 6.69. The first kappa shape index (κ1) is 19.8. The van der Waals surface area contributed by atoms with Crippen molar-refractivity contribution < 1.29 is 23.5 Å². The number of halogens is 2. The molecule has 0 aromatic heterocycles. The van der Waals surface area contributed by atoms with Crippen molar-refractivity contribution in [3.05, 3.63) is 58.7 Å². The number of hydrogen-bond donors (Lipinski definition) is 1. The maximum atomic E-state index is 13.4. The number of anilines is 1. The highest BCUT2D eigenvalue weighted by molar-refractivity contribution is 5.91. The summed E-state index contributed by atoms with van der Waals surface area (Å²) in [6.07, 6.45) is -1.81. The summed E-state index contributed by atoms with van der Waals surface area (Å²) in [6, 6.07) is 9.77. The number of nitrogens with zero attached hydrogens (tertiary/aromatic N) is 1. The Labute approximate surface area is 152 Å². The van der Waals surface area contributed by atoms with E-state index in [2.05, 4.69) is 0 Å². The van der Waals surface area contributed by atoms with Crippen molar-refractivity contribution in [2.75, 3.05) is 5.06 Å². The molecule has 2 rings (SSSR count). The lowest BCUT2D eigenvalue weighted by Gasteiger charge is -2.21. The molecule has 0 heterocycles. The van der Waals surface area contributed by atoms with E-state index in [1.165, 1.54) is 18.2 Å². The van der Waals surface area contributed by atoms with Gasteiger partial charge in [-0.2, -0.15) is 5.06 Å².